The van der Waals surface area contributed by atoms with Gasteiger partial charge in [0.2, 0.25) is 5.88 Å². The Bertz CT molecular complexity index is 850. The summed E-state index contributed by atoms with van der Waals surface area (Å²) >= 11 is 0. The SMILES string of the molecule is CCOc1ccccc1OCC(=O)Nc1oc(C)c(C(=O)OC)c1C#N. The van der Waals surface area contributed by atoms with Gasteiger partial charge < -0.3 is 18.6 Å². The molecule has 8 nitrogen and oxygen atoms in total. The van der Waals surface area contributed by atoms with Crippen LogP contribution in [-0.4, -0.2) is 32.2 Å². The van der Waals surface area contributed by atoms with E-state index in [1.54, 1.807) is 24.3 Å². The maximum atomic E-state index is 12.1. The summed E-state index contributed by atoms with van der Waals surface area (Å²) in [6.07, 6.45) is 0. The number of para-hydroxylation sites is 2. The highest BCUT2D eigenvalue weighted by Crippen LogP contribution is 2.28. The molecule has 0 aliphatic carbocycles. The summed E-state index contributed by atoms with van der Waals surface area (Å²) in [4.78, 5) is 23.9. The number of amides is 1. The Labute approximate surface area is 150 Å². The molecule has 0 atom stereocenters. The number of carbonyl (C=O) groups is 2. The van der Waals surface area contributed by atoms with E-state index in [9.17, 15) is 14.9 Å². The zero-order valence-electron chi connectivity index (χ0n) is 14.6. The highest BCUT2D eigenvalue weighted by molar-refractivity contribution is 5.98. The molecule has 2 aromatic rings. The van der Waals surface area contributed by atoms with Crippen LogP contribution in [0.4, 0.5) is 5.88 Å². The van der Waals surface area contributed by atoms with Crippen molar-refractivity contribution in [3.63, 3.8) is 0 Å². The lowest BCUT2D eigenvalue weighted by molar-refractivity contribution is -0.118. The second-order valence-electron chi connectivity index (χ2n) is 5.06. The summed E-state index contributed by atoms with van der Waals surface area (Å²) in [5, 5.41) is 11.7. The maximum absolute atomic E-state index is 12.1. The van der Waals surface area contributed by atoms with Crippen molar-refractivity contribution >= 4 is 17.8 Å². The lowest BCUT2D eigenvalue weighted by Gasteiger charge is -2.11. The van der Waals surface area contributed by atoms with E-state index in [0.717, 1.165) is 0 Å². The molecule has 0 saturated carbocycles. The van der Waals surface area contributed by atoms with E-state index in [0.29, 0.717) is 18.1 Å². The van der Waals surface area contributed by atoms with Gasteiger partial charge in [0.25, 0.3) is 5.91 Å². The van der Waals surface area contributed by atoms with Gasteiger partial charge in [0.05, 0.1) is 13.7 Å². The average Bonchev–Trinajstić information content (AvgIpc) is 2.95. The van der Waals surface area contributed by atoms with Gasteiger partial charge in [0, 0.05) is 0 Å². The Kier molecular flexibility index (Phi) is 6.22. The molecule has 0 radical (unpaired) electrons. The van der Waals surface area contributed by atoms with Crippen LogP contribution in [0.3, 0.4) is 0 Å². The van der Waals surface area contributed by atoms with Gasteiger partial charge in [0.1, 0.15) is 23.0 Å². The molecular weight excluding hydrogens is 340 g/mol. The topological polar surface area (TPSA) is 111 Å². The van der Waals surface area contributed by atoms with Gasteiger partial charge in [-0.2, -0.15) is 5.26 Å². The van der Waals surface area contributed by atoms with Crippen molar-refractivity contribution in [2.24, 2.45) is 0 Å². The Morgan fingerprint density at radius 3 is 2.46 bits per heavy atom. The number of hydrogen-bond donors (Lipinski definition) is 1. The van der Waals surface area contributed by atoms with Crippen molar-refractivity contribution < 1.29 is 28.2 Å². The number of nitrogens with one attached hydrogen (secondary N) is 1. The normalized spacial score (nSPS) is 9.92. The zero-order chi connectivity index (χ0) is 19.1. The third-order valence-corrected chi connectivity index (χ3v) is 3.35. The van der Waals surface area contributed by atoms with Crippen LogP contribution >= 0.6 is 0 Å². The molecule has 2 rings (SSSR count). The molecule has 1 amide bonds. The molecule has 0 bridgehead atoms. The van der Waals surface area contributed by atoms with E-state index in [1.807, 2.05) is 13.0 Å². The summed E-state index contributed by atoms with van der Waals surface area (Å²) in [5.41, 5.74) is -0.120. The minimum absolute atomic E-state index is 0.0205. The van der Waals surface area contributed by atoms with Crippen molar-refractivity contribution in [3.8, 4) is 17.6 Å². The average molecular weight is 358 g/mol. The Hall–Kier alpha value is -3.47. The molecule has 1 heterocycles. The molecule has 0 aliphatic rings. The number of anilines is 1. The van der Waals surface area contributed by atoms with Crippen LogP contribution in [0.1, 0.15) is 28.6 Å². The minimum Gasteiger partial charge on any atom is -0.490 e. The lowest BCUT2D eigenvalue weighted by atomic mass is 10.1. The van der Waals surface area contributed by atoms with Crippen LogP contribution in [0.5, 0.6) is 11.5 Å². The van der Waals surface area contributed by atoms with Gasteiger partial charge in [-0.3, -0.25) is 10.1 Å². The fourth-order valence-electron chi connectivity index (χ4n) is 2.24. The van der Waals surface area contributed by atoms with E-state index in [4.69, 9.17) is 13.9 Å². The van der Waals surface area contributed by atoms with Gasteiger partial charge in [-0.05, 0) is 26.0 Å². The number of carbonyl (C=O) groups excluding carboxylic acids is 2. The first-order chi connectivity index (χ1) is 12.5. The monoisotopic (exact) mass is 358 g/mol. The summed E-state index contributed by atoms with van der Waals surface area (Å²) in [7, 11) is 1.19. The van der Waals surface area contributed by atoms with Gasteiger partial charge in [-0.1, -0.05) is 12.1 Å². The summed E-state index contributed by atoms with van der Waals surface area (Å²) in [5.74, 6) is -0.301. The third-order valence-electron chi connectivity index (χ3n) is 3.35. The molecule has 136 valence electrons. The van der Waals surface area contributed by atoms with Crippen molar-refractivity contribution in [1.29, 1.82) is 5.26 Å². The first-order valence-corrected chi connectivity index (χ1v) is 7.78. The number of rotatable bonds is 7. The predicted molar refractivity (Wildman–Crippen MR) is 91.2 cm³/mol. The quantitative estimate of drug-likeness (QED) is 0.757. The number of furan rings is 1. The Morgan fingerprint density at radius 2 is 1.88 bits per heavy atom. The van der Waals surface area contributed by atoms with Gasteiger partial charge in [-0.25, -0.2) is 4.79 Å². The zero-order valence-corrected chi connectivity index (χ0v) is 14.6. The molecule has 0 spiro atoms. The maximum Gasteiger partial charge on any atom is 0.342 e. The lowest BCUT2D eigenvalue weighted by Crippen LogP contribution is -2.20. The smallest absolute Gasteiger partial charge is 0.342 e. The fourth-order valence-corrected chi connectivity index (χ4v) is 2.24. The van der Waals surface area contributed by atoms with E-state index in [1.165, 1.54) is 14.0 Å². The first kappa shape index (κ1) is 18.9. The first-order valence-electron chi connectivity index (χ1n) is 7.78. The number of nitriles is 1. The van der Waals surface area contributed by atoms with E-state index in [-0.39, 0.29) is 29.4 Å². The largest absolute Gasteiger partial charge is 0.490 e. The number of aryl methyl sites for hydroxylation is 1. The number of ether oxygens (including phenoxy) is 3. The minimum atomic E-state index is -0.717. The van der Waals surface area contributed by atoms with Crippen LogP contribution in [0.2, 0.25) is 0 Å². The van der Waals surface area contributed by atoms with Crippen molar-refractivity contribution in [2.75, 3.05) is 25.6 Å². The van der Waals surface area contributed by atoms with Crippen LogP contribution in [0.15, 0.2) is 28.7 Å². The molecule has 1 N–H and O–H groups in total. The van der Waals surface area contributed by atoms with Crippen LogP contribution < -0.4 is 14.8 Å². The van der Waals surface area contributed by atoms with Gasteiger partial charge in [-0.15, -0.1) is 0 Å². The molecule has 0 saturated heterocycles. The third kappa shape index (κ3) is 4.13. The number of methoxy groups -OCH3 is 1. The highest BCUT2D eigenvalue weighted by Gasteiger charge is 2.25. The predicted octanol–water partition coefficient (Wildman–Crippen LogP) is 2.66. The van der Waals surface area contributed by atoms with E-state index < -0.39 is 11.9 Å². The van der Waals surface area contributed by atoms with Crippen LogP contribution in [-0.2, 0) is 9.53 Å². The Morgan fingerprint density at radius 1 is 1.23 bits per heavy atom. The van der Waals surface area contributed by atoms with Gasteiger partial charge >= 0.3 is 5.97 Å². The summed E-state index contributed by atoms with van der Waals surface area (Å²) in [6, 6.07) is 8.77. The molecule has 0 aliphatic heterocycles. The summed E-state index contributed by atoms with van der Waals surface area (Å²) < 4.78 is 20.8. The molecule has 1 aromatic heterocycles. The molecule has 0 unspecified atom stereocenters. The molecule has 0 fully saturated rings. The molecule has 1 aromatic carbocycles. The molecule has 26 heavy (non-hydrogen) atoms. The summed E-state index contributed by atoms with van der Waals surface area (Å²) in [6.45, 7) is 3.46. The Balaban J connectivity index is 2.10. The van der Waals surface area contributed by atoms with Crippen LogP contribution in [0, 0.1) is 18.3 Å². The van der Waals surface area contributed by atoms with E-state index >= 15 is 0 Å². The standard InChI is InChI=1S/C18H18N2O6/c1-4-24-13-7-5-6-8-14(13)25-10-15(21)20-17-12(9-19)16(11(2)26-17)18(22)23-3/h5-8H,4,10H2,1-3H3,(H,20,21). The number of hydrogen-bond acceptors (Lipinski definition) is 7. The fraction of sp³-hybridized carbons (Fsp3) is 0.278. The highest BCUT2D eigenvalue weighted by atomic mass is 16.5. The second kappa shape index (κ2) is 8.58. The second-order valence-corrected chi connectivity index (χ2v) is 5.06. The van der Waals surface area contributed by atoms with Gasteiger partial charge in [0.15, 0.2) is 18.1 Å². The number of esters is 1. The van der Waals surface area contributed by atoms with Crippen molar-refractivity contribution in [1.82, 2.24) is 0 Å². The van der Waals surface area contributed by atoms with Crippen molar-refractivity contribution in [3.05, 3.63) is 41.2 Å². The van der Waals surface area contributed by atoms with Crippen molar-refractivity contribution in [2.45, 2.75) is 13.8 Å². The van der Waals surface area contributed by atoms with E-state index in [2.05, 4.69) is 10.1 Å². The number of benzene rings is 1. The van der Waals surface area contributed by atoms with Crippen LogP contribution in [0.25, 0.3) is 0 Å². The number of nitrogens with zero attached hydrogens (tertiary/aromatic N) is 1. The molecule has 8 heteroatoms. The molecular formula is C18H18N2O6.